The van der Waals surface area contributed by atoms with E-state index in [1.165, 1.54) is 0 Å². The summed E-state index contributed by atoms with van der Waals surface area (Å²) in [6, 6.07) is 5.86. The van der Waals surface area contributed by atoms with Gasteiger partial charge in [-0.25, -0.2) is 0 Å². The molecule has 0 unspecified atom stereocenters. The maximum absolute atomic E-state index is 5.54. The van der Waals surface area contributed by atoms with Crippen LogP contribution in [-0.2, 0) is 10.1 Å². The first-order chi connectivity index (χ1) is 7.31. The maximum atomic E-state index is 5.54. The summed E-state index contributed by atoms with van der Waals surface area (Å²) < 4.78 is 15.7. The van der Waals surface area contributed by atoms with Gasteiger partial charge < -0.3 is 14.2 Å². The molecular formula is C11H15BrO3. The Morgan fingerprint density at radius 2 is 1.93 bits per heavy atom. The lowest BCUT2D eigenvalue weighted by atomic mass is 10.2. The summed E-state index contributed by atoms with van der Waals surface area (Å²) in [6.45, 7) is 1.10. The Morgan fingerprint density at radius 3 is 2.53 bits per heavy atom. The first-order valence-corrected chi connectivity index (χ1v) is 5.78. The third-order valence-corrected chi connectivity index (χ3v) is 2.57. The highest BCUT2D eigenvalue weighted by molar-refractivity contribution is 9.08. The molecular weight excluding hydrogens is 260 g/mol. The van der Waals surface area contributed by atoms with Crippen molar-refractivity contribution < 1.29 is 14.2 Å². The normalized spacial score (nSPS) is 10.1. The van der Waals surface area contributed by atoms with E-state index in [0.29, 0.717) is 13.2 Å². The number of methoxy groups -OCH3 is 2. The van der Waals surface area contributed by atoms with Crippen molar-refractivity contribution in [2.24, 2.45) is 0 Å². The third-order valence-electron chi connectivity index (χ3n) is 1.93. The zero-order valence-electron chi connectivity index (χ0n) is 8.96. The van der Waals surface area contributed by atoms with Crippen LogP contribution in [0.25, 0.3) is 0 Å². The molecule has 84 valence electrons. The maximum Gasteiger partial charge on any atom is 0.161 e. The van der Waals surface area contributed by atoms with E-state index in [0.717, 1.165) is 22.4 Å². The number of halogens is 1. The van der Waals surface area contributed by atoms with E-state index in [1.54, 1.807) is 14.2 Å². The second-order valence-electron chi connectivity index (χ2n) is 2.96. The number of hydrogen-bond donors (Lipinski definition) is 0. The van der Waals surface area contributed by atoms with Crippen LogP contribution in [0.5, 0.6) is 11.5 Å². The van der Waals surface area contributed by atoms with Crippen LogP contribution in [0.3, 0.4) is 0 Å². The van der Waals surface area contributed by atoms with Gasteiger partial charge in [0.1, 0.15) is 6.61 Å². The molecule has 0 aromatic heterocycles. The van der Waals surface area contributed by atoms with E-state index >= 15 is 0 Å². The molecule has 0 amide bonds. The van der Waals surface area contributed by atoms with Gasteiger partial charge in [-0.05, 0) is 17.7 Å². The molecule has 0 spiro atoms. The predicted octanol–water partition coefficient (Wildman–Crippen LogP) is 2.62. The van der Waals surface area contributed by atoms with E-state index in [2.05, 4.69) is 15.9 Å². The van der Waals surface area contributed by atoms with Crippen LogP contribution in [-0.4, -0.2) is 27.4 Å². The largest absolute Gasteiger partial charge is 0.493 e. The highest BCUT2D eigenvalue weighted by atomic mass is 79.9. The minimum absolute atomic E-state index is 0.526. The highest BCUT2D eigenvalue weighted by Gasteiger charge is 2.04. The number of alkyl halides is 1. The van der Waals surface area contributed by atoms with Crippen molar-refractivity contribution in [3.63, 3.8) is 0 Å². The van der Waals surface area contributed by atoms with Gasteiger partial charge in [0.05, 0.1) is 13.7 Å². The lowest BCUT2D eigenvalue weighted by Crippen LogP contribution is -2.05. The molecule has 0 saturated carbocycles. The SMILES string of the molecule is COCCOc1cc(CBr)ccc1OC. The topological polar surface area (TPSA) is 27.7 Å². The lowest BCUT2D eigenvalue weighted by molar-refractivity contribution is 0.144. The summed E-state index contributed by atoms with van der Waals surface area (Å²) in [5, 5.41) is 0.803. The summed E-state index contributed by atoms with van der Waals surface area (Å²) in [6.07, 6.45) is 0. The summed E-state index contributed by atoms with van der Waals surface area (Å²) in [4.78, 5) is 0. The van der Waals surface area contributed by atoms with E-state index < -0.39 is 0 Å². The van der Waals surface area contributed by atoms with Gasteiger partial charge in [-0.1, -0.05) is 22.0 Å². The summed E-state index contributed by atoms with van der Waals surface area (Å²) >= 11 is 3.40. The lowest BCUT2D eigenvalue weighted by Gasteiger charge is -2.11. The Hall–Kier alpha value is -0.740. The summed E-state index contributed by atoms with van der Waals surface area (Å²) in [5.41, 5.74) is 1.16. The van der Waals surface area contributed by atoms with Crippen LogP contribution >= 0.6 is 15.9 Å². The number of hydrogen-bond acceptors (Lipinski definition) is 3. The fourth-order valence-corrected chi connectivity index (χ4v) is 1.50. The van der Waals surface area contributed by atoms with Crippen LogP contribution in [0.4, 0.5) is 0 Å². The first kappa shape index (κ1) is 12.3. The molecule has 1 aromatic carbocycles. The molecule has 0 bridgehead atoms. The average molecular weight is 275 g/mol. The van der Waals surface area contributed by atoms with Gasteiger partial charge in [-0.15, -0.1) is 0 Å². The van der Waals surface area contributed by atoms with Crippen molar-refractivity contribution >= 4 is 15.9 Å². The zero-order chi connectivity index (χ0) is 11.1. The van der Waals surface area contributed by atoms with Crippen LogP contribution in [0.2, 0.25) is 0 Å². The van der Waals surface area contributed by atoms with Crippen molar-refractivity contribution in [1.82, 2.24) is 0 Å². The second kappa shape index (κ2) is 6.69. The van der Waals surface area contributed by atoms with E-state index in [4.69, 9.17) is 14.2 Å². The second-order valence-corrected chi connectivity index (χ2v) is 3.52. The smallest absolute Gasteiger partial charge is 0.161 e. The number of benzene rings is 1. The Balaban J connectivity index is 2.72. The molecule has 0 aliphatic heterocycles. The molecule has 0 radical (unpaired) electrons. The van der Waals surface area contributed by atoms with Crippen molar-refractivity contribution in [3.8, 4) is 11.5 Å². The summed E-state index contributed by atoms with van der Waals surface area (Å²) in [5.74, 6) is 1.50. The molecule has 4 heteroatoms. The van der Waals surface area contributed by atoms with Crippen LogP contribution in [0.1, 0.15) is 5.56 Å². The Morgan fingerprint density at radius 1 is 1.13 bits per heavy atom. The monoisotopic (exact) mass is 274 g/mol. The molecule has 0 saturated heterocycles. The van der Waals surface area contributed by atoms with Gasteiger partial charge in [0.2, 0.25) is 0 Å². The number of rotatable bonds is 6. The van der Waals surface area contributed by atoms with Gasteiger partial charge in [-0.3, -0.25) is 0 Å². The molecule has 0 atom stereocenters. The molecule has 0 fully saturated rings. The predicted molar refractivity (Wildman–Crippen MR) is 63.0 cm³/mol. The quantitative estimate of drug-likeness (QED) is 0.590. The molecule has 0 aliphatic carbocycles. The summed E-state index contributed by atoms with van der Waals surface area (Å²) in [7, 11) is 3.28. The molecule has 0 N–H and O–H groups in total. The van der Waals surface area contributed by atoms with Gasteiger partial charge in [0.25, 0.3) is 0 Å². The Kier molecular flexibility index (Phi) is 5.50. The van der Waals surface area contributed by atoms with E-state index in [1.807, 2.05) is 18.2 Å². The molecule has 1 aromatic rings. The van der Waals surface area contributed by atoms with Crippen LogP contribution < -0.4 is 9.47 Å². The van der Waals surface area contributed by atoms with Crippen LogP contribution in [0, 0.1) is 0 Å². The zero-order valence-corrected chi connectivity index (χ0v) is 10.5. The van der Waals surface area contributed by atoms with Crippen LogP contribution in [0.15, 0.2) is 18.2 Å². The van der Waals surface area contributed by atoms with Crippen molar-refractivity contribution in [3.05, 3.63) is 23.8 Å². The molecule has 0 aliphatic rings. The fraction of sp³-hybridized carbons (Fsp3) is 0.455. The fourth-order valence-electron chi connectivity index (χ4n) is 1.15. The first-order valence-electron chi connectivity index (χ1n) is 4.66. The van der Waals surface area contributed by atoms with Crippen molar-refractivity contribution in [1.29, 1.82) is 0 Å². The van der Waals surface area contributed by atoms with Crippen molar-refractivity contribution in [2.75, 3.05) is 27.4 Å². The van der Waals surface area contributed by atoms with E-state index in [-0.39, 0.29) is 0 Å². The van der Waals surface area contributed by atoms with Gasteiger partial charge >= 0.3 is 0 Å². The number of ether oxygens (including phenoxy) is 3. The van der Waals surface area contributed by atoms with Gasteiger partial charge in [0.15, 0.2) is 11.5 Å². The minimum atomic E-state index is 0.526. The molecule has 15 heavy (non-hydrogen) atoms. The average Bonchev–Trinajstić information content (AvgIpc) is 2.29. The van der Waals surface area contributed by atoms with Gasteiger partial charge in [-0.2, -0.15) is 0 Å². The highest BCUT2D eigenvalue weighted by Crippen LogP contribution is 2.28. The Bertz CT molecular complexity index is 302. The van der Waals surface area contributed by atoms with Crippen molar-refractivity contribution in [2.45, 2.75) is 5.33 Å². The molecule has 3 nitrogen and oxygen atoms in total. The minimum Gasteiger partial charge on any atom is -0.493 e. The standard InChI is InChI=1S/C11H15BrO3/c1-13-5-6-15-11-7-9(8-12)3-4-10(11)14-2/h3-4,7H,5-6,8H2,1-2H3. The van der Waals surface area contributed by atoms with E-state index in [9.17, 15) is 0 Å². The molecule has 1 rings (SSSR count). The third kappa shape index (κ3) is 3.72. The Labute approximate surface area is 98.5 Å². The molecule has 0 heterocycles. The van der Waals surface area contributed by atoms with Gasteiger partial charge in [0, 0.05) is 12.4 Å².